The quantitative estimate of drug-likeness (QED) is 0.753. The van der Waals surface area contributed by atoms with Crippen LogP contribution in [0.3, 0.4) is 0 Å². The highest BCUT2D eigenvalue weighted by Crippen LogP contribution is 2.43. The summed E-state index contributed by atoms with van der Waals surface area (Å²) < 4.78 is 6.20. The summed E-state index contributed by atoms with van der Waals surface area (Å²) in [4.78, 5) is 26.7. The van der Waals surface area contributed by atoms with Gasteiger partial charge in [-0.2, -0.15) is 0 Å². The van der Waals surface area contributed by atoms with Gasteiger partial charge in [0.05, 0.1) is 10.5 Å². The van der Waals surface area contributed by atoms with Gasteiger partial charge in [-0.05, 0) is 56.4 Å². The number of rotatable bonds is 5. The standard InChI is InChI=1S/C20H28N2O3S3/c1-20(2,3)21-18(24)16-12-26-13-22(16)17(23)11-25-15-7-5-14(6-8-15)19-27-9-4-10-28-19/h5-8,16,19H,4,9-13H2,1-3H3,(H,21,24). The number of nitrogens with zero attached hydrogens (tertiary/aromatic N) is 1. The fourth-order valence-electron chi connectivity index (χ4n) is 2.99. The van der Waals surface area contributed by atoms with Crippen LogP contribution in [0.5, 0.6) is 5.75 Å². The highest BCUT2D eigenvalue weighted by Gasteiger charge is 2.36. The summed E-state index contributed by atoms with van der Waals surface area (Å²) in [6, 6.07) is 7.60. The van der Waals surface area contributed by atoms with Crippen LogP contribution in [-0.4, -0.2) is 58.0 Å². The lowest BCUT2D eigenvalue weighted by Gasteiger charge is -2.27. The normalized spacial score (nSPS) is 20.8. The van der Waals surface area contributed by atoms with Gasteiger partial charge in [0.1, 0.15) is 11.8 Å². The van der Waals surface area contributed by atoms with Crippen LogP contribution >= 0.6 is 35.3 Å². The first kappa shape index (κ1) is 21.7. The predicted molar refractivity (Wildman–Crippen MR) is 120 cm³/mol. The molecule has 0 radical (unpaired) electrons. The van der Waals surface area contributed by atoms with E-state index in [0.717, 1.165) is 0 Å². The Morgan fingerprint density at radius 3 is 2.50 bits per heavy atom. The molecule has 0 aromatic heterocycles. The third kappa shape index (κ3) is 6.00. The molecule has 2 aliphatic heterocycles. The Labute approximate surface area is 180 Å². The van der Waals surface area contributed by atoms with E-state index in [2.05, 4.69) is 17.4 Å². The van der Waals surface area contributed by atoms with E-state index >= 15 is 0 Å². The molecule has 8 heteroatoms. The molecule has 0 aliphatic carbocycles. The van der Waals surface area contributed by atoms with Crippen molar-refractivity contribution in [1.82, 2.24) is 10.2 Å². The van der Waals surface area contributed by atoms with E-state index in [0.29, 0.717) is 22.0 Å². The maximum absolute atomic E-state index is 12.6. The van der Waals surface area contributed by atoms with Crippen molar-refractivity contribution in [2.75, 3.05) is 29.7 Å². The summed E-state index contributed by atoms with van der Waals surface area (Å²) in [5, 5.41) is 2.97. The Balaban J connectivity index is 1.52. The molecule has 1 N–H and O–H groups in total. The molecule has 0 bridgehead atoms. The highest BCUT2D eigenvalue weighted by molar-refractivity contribution is 8.16. The average molecular weight is 441 g/mol. The van der Waals surface area contributed by atoms with E-state index in [-0.39, 0.29) is 24.0 Å². The maximum atomic E-state index is 12.6. The summed E-state index contributed by atoms with van der Waals surface area (Å²) in [7, 11) is 0. The molecule has 1 aromatic carbocycles. The fourth-order valence-corrected chi connectivity index (χ4v) is 7.06. The van der Waals surface area contributed by atoms with Crippen molar-refractivity contribution in [3.05, 3.63) is 29.8 Å². The third-order valence-corrected chi connectivity index (χ3v) is 8.37. The molecule has 28 heavy (non-hydrogen) atoms. The van der Waals surface area contributed by atoms with E-state index in [1.165, 1.54) is 23.5 Å². The molecular weight excluding hydrogens is 412 g/mol. The highest BCUT2D eigenvalue weighted by atomic mass is 32.2. The lowest BCUT2D eigenvalue weighted by molar-refractivity contribution is -0.140. The molecule has 154 valence electrons. The molecule has 1 unspecified atom stereocenters. The Hall–Kier alpha value is -0.990. The van der Waals surface area contributed by atoms with Crippen molar-refractivity contribution in [2.45, 2.75) is 43.4 Å². The second-order valence-electron chi connectivity index (χ2n) is 7.90. The molecule has 2 heterocycles. The minimum absolute atomic E-state index is 0.0495. The fraction of sp³-hybridized carbons (Fsp3) is 0.600. The topological polar surface area (TPSA) is 58.6 Å². The van der Waals surface area contributed by atoms with E-state index < -0.39 is 6.04 Å². The second kappa shape index (κ2) is 9.67. The van der Waals surface area contributed by atoms with Gasteiger partial charge in [0, 0.05) is 11.3 Å². The van der Waals surface area contributed by atoms with Crippen LogP contribution in [0.15, 0.2) is 24.3 Å². The average Bonchev–Trinajstić information content (AvgIpc) is 3.16. The van der Waals surface area contributed by atoms with Gasteiger partial charge in [0.25, 0.3) is 5.91 Å². The molecule has 0 saturated carbocycles. The van der Waals surface area contributed by atoms with E-state index in [9.17, 15) is 9.59 Å². The molecule has 2 aliphatic rings. The summed E-state index contributed by atoms with van der Waals surface area (Å²) >= 11 is 5.57. The minimum Gasteiger partial charge on any atom is -0.484 e. The number of thioether (sulfide) groups is 3. The van der Waals surface area contributed by atoms with Crippen molar-refractivity contribution in [1.29, 1.82) is 0 Å². The lowest BCUT2D eigenvalue weighted by Crippen LogP contribution is -2.53. The molecule has 2 fully saturated rings. The van der Waals surface area contributed by atoms with Gasteiger partial charge in [-0.1, -0.05) is 12.1 Å². The van der Waals surface area contributed by atoms with Crippen LogP contribution in [-0.2, 0) is 9.59 Å². The Morgan fingerprint density at radius 2 is 1.86 bits per heavy atom. The summed E-state index contributed by atoms with van der Waals surface area (Å²) in [6.45, 7) is 5.77. The summed E-state index contributed by atoms with van der Waals surface area (Å²) in [6.07, 6.45) is 1.28. The van der Waals surface area contributed by atoms with Gasteiger partial charge in [0.2, 0.25) is 5.91 Å². The lowest BCUT2D eigenvalue weighted by atomic mass is 10.1. The smallest absolute Gasteiger partial charge is 0.261 e. The Morgan fingerprint density at radius 1 is 1.18 bits per heavy atom. The zero-order chi connectivity index (χ0) is 20.1. The van der Waals surface area contributed by atoms with E-state index in [1.54, 1.807) is 16.7 Å². The number of ether oxygens (including phenoxy) is 1. The maximum Gasteiger partial charge on any atom is 0.261 e. The van der Waals surface area contributed by atoms with Crippen LogP contribution < -0.4 is 10.1 Å². The van der Waals surface area contributed by atoms with Crippen molar-refractivity contribution < 1.29 is 14.3 Å². The Kier molecular flexibility index (Phi) is 7.50. The van der Waals surface area contributed by atoms with Gasteiger partial charge in [0.15, 0.2) is 6.61 Å². The number of amides is 2. The summed E-state index contributed by atoms with van der Waals surface area (Å²) in [5.41, 5.74) is 0.981. The van der Waals surface area contributed by atoms with Gasteiger partial charge >= 0.3 is 0 Å². The van der Waals surface area contributed by atoms with Crippen LogP contribution in [0, 0.1) is 0 Å². The molecule has 1 aromatic rings. The number of benzene rings is 1. The van der Waals surface area contributed by atoms with Crippen LogP contribution in [0.1, 0.15) is 37.3 Å². The number of carbonyl (C=O) groups is 2. The van der Waals surface area contributed by atoms with E-state index in [4.69, 9.17) is 4.74 Å². The number of carbonyl (C=O) groups excluding carboxylic acids is 2. The number of hydrogen-bond donors (Lipinski definition) is 1. The van der Waals surface area contributed by atoms with Crippen molar-refractivity contribution in [3.63, 3.8) is 0 Å². The third-order valence-electron chi connectivity index (χ3n) is 4.35. The van der Waals surface area contributed by atoms with Gasteiger partial charge < -0.3 is 15.0 Å². The van der Waals surface area contributed by atoms with Gasteiger partial charge in [-0.15, -0.1) is 35.3 Å². The second-order valence-corrected chi connectivity index (χ2v) is 11.6. The summed E-state index contributed by atoms with van der Waals surface area (Å²) in [5.74, 6) is 4.01. The minimum atomic E-state index is -0.428. The SMILES string of the molecule is CC(C)(C)NC(=O)C1CSCN1C(=O)COc1ccc(C2SCCCS2)cc1. The predicted octanol–water partition coefficient (Wildman–Crippen LogP) is 3.75. The molecular formula is C20H28N2O3S3. The molecule has 0 spiro atoms. The van der Waals surface area contributed by atoms with Crippen LogP contribution in [0.25, 0.3) is 0 Å². The monoisotopic (exact) mass is 440 g/mol. The zero-order valence-electron chi connectivity index (χ0n) is 16.6. The number of hydrogen-bond acceptors (Lipinski definition) is 6. The molecule has 2 saturated heterocycles. The van der Waals surface area contributed by atoms with Crippen LogP contribution in [0.2, 0.25) is 0 Å². The van der Waals surface area contributed by atoms with Crippen LogP contribution in [0.4, 0.5) is 0 Å². The van der Waals surface area contributed by atoms with Gasteiger partial charge in [-0.3, -0.25) is 9.59 Å². The molecule has 1 atom stereocenters. The largest absolute Gasteiger partial charge is 0.484 e. The molecule has 3 rings (SSSR count). The molecule has 5 nitrogen and oxygen atoms in total. The van der Waals surface area contributed by atoms with Crippen molar-refractivity contribution in [2.24, 2.45) is 0 Å². The zero-order valence-corrected chi connectivity index (χ0v) is 19.1. The first-order chi connectivity index (χ1) is 13.3. The van der Waals surface area contributed by atoms with E-state index in [1.807, 2.05) is 56.4 Å². The molecule has 2 amide bonds. The first-order valence-electron chi connectivity index (χ1n) is 9.49. The first-order valence-corrected chi connectivity index (χ1v) is 12.7. The Bertz CT molecular complexity index is 685. The van der Waals surface area contributed by atoms with Crippen molar-refractivity contribution in [3.8, 4) is 5.75 Å². The number of nitrogens with one attached hydrogen (secondary N) is 1. The van der Waals surface area contributed by atoms with Gasteiger partial charge in [-0.25, -0.2) is 0 Å². The van der Waals surface area contributed by atoms with Crippen molar-refractivity contribution >= 4 is 47.1 Å².